The Morgan fingerprint density at radius 3 is 2.75 bits per heavy atom. The molecule has 0 radical (unpaired) electrons. The van der Waals surface area contributed by atoms with E-state index in [1.165, 1.54) is 0 Å². The van der Waals surface area contributed by atoms with Gasteiger partial charge in [0.25, 0.3) is 11.8 Å². The van der Waals surface area contributed by atoms with E-state index in [1.807, 2.05) is 0 Å². The van der Waals surface area contributed by atoms with Gasteiger partial charge in [-0.05, 0) is 31.0 Å². The maximum atomic E-state index is 11.9. The van der Waals surface area contributed by atoms with Crippen molar-refractivity contribution in [2.24, 2.45) is 0 Å². The maximum absolute atomic E-state index is 11.9. The number of carbonyl (C=O) groups excluding carboxylic acids is 2. The summed E-state index contributed by atoms with van der Waals surface area (Å²) in [5.41, 5.74) is 1.53. The van der Waals surface area contributed by atoms with Crippen LogP contribution in [0, 0.1) is 0 Å². The highest BCUT2D eigenvalue weighted by molar-refractivity contribution is 9.10. The van der Waals surface area contributed by atoms with E-state index in [2.05, 4.69) is 26.6 Å². The minimum Gasteiger partial charge on any atom is -0.396 e. The molecule has 3 N–H and O–H groups in total. The van der Waals surface area contributed by atoms with Crippen LogP contribution < -0.4 is 10.6 Å². The van der Waals surface area contributed by atoms with Crippen LogP contribution in [0.15, 0.2) is 28.9 Å². The summed E-state index contributed by atoms with van der Waals surface area (Å²) in [5.74, 6) is -0.787. The molecule has 0 aliphatic carbocycles. The van der Waals surface area contributed by atoms with Crippen molar-refractivity contribution in [3.8, 4) is 0 Å². The van der Waals surface area contributed by atoms with Crippen molar-refractivity contribution in [1.29, 1.82) is 0 Å². The van der Waals surface area contributed by atoms with Gasteiger partial charge in [-0.1, -0.05) is 15.9 Å². The van der Waals surface area contributed by atoms with E-state index in [9.17, 15) is 9.59 Å². The second-order valence-electron chi connectivity index (χ2n) is 4.42. The Morgan fingerprint density at radius 1 is 1.20 bits per heavy atom. The van der Waals surface area contributed by atoms with Crippen LogP contribution in [0.1, 0.15) is 28.8 Å². The lowest BCUT2D eigenvalue weighted by molar-refractivity contribution is -0.114. The highest BCUT2D eigenvalue weighted by atomic mass is 79.9. The van der Waals surface area contributed by atoms with Gasteiger partial charge in [-0.2, -0.15) is 0 Å². The molecule has 1 aliphatic heterocycles. The predicted octanol–water partition coefficient (Wildman–Crippen LogP) is 1.42. The molecule has 106 valence electrons. The first kappa shape index (κ1) is 14.7. The van der Waals surface area contributed by atoms with Crippen LogP contribution in [0.4, 0.5) is 0 Å². The number of fused-ring (bicyclic) bond motifs is 1. The zero-order valence-electron chi connectivity index (χ0n) is 10.8. The van der Waals surface area contributed by atoms with Crippen LogP contribution in [0.5, 0.6) is 0 Å². The Bertz CT molecular complexity index is 570. The number of carbonyl (C=O) groups is 2. The molecular weight excluding hydrogens is 324 g/mol. The van der Waals surface area contributed by atoms with Crippen molar-refractivity contribution in [2.45, 2.75) is 12.8 Å². The van der Waals surface area contributed by atoms with E-state index >= 15 is 0 Å². The monoisotopic (exact) mass is 338 g/mol. The van der Waals surface area contributed by atoms with E-state index in [0.29, 0.717) is 29.7 Å². The molecular formula is C14H15BrN2O3. The van der Waals surface area contributed by atoms with Gasteiger partial charge in [0.15, 0.2) is 0 Å². The Labute approximate surface area is 125 Å². The molecule has 0 aromatic heterocycles. The summed E-state index contributed by atoms with van der Waals surface area (Å²) >= 11 is 3.34. The molecule has 2 amide bonds. The van der Waals surface area contributed by atoms with Crippen molar-refractivity contribution in [1.82, 2.24) is 10.6 Å². The molecule has 0 saturated carbocycles. The highest BCUT2D eigenvalue weighted by Crippen LogP contribution is 2.26. The molecule has 1 aliphatic rings. The summed E-state index contributed by atoms with van der Waals surface area (Å²) in [7, 11) is 0. The van der Waals surface area contributed by atoms with Gasteiger partial charge in [0.1, 0.15) is 0 Å². The van der Waals surface area contributed by atoms with Gasteiger partial charge in [-0.25, -0.2) is 0 Å². The van der Waals surface area contributed by atoms with E-state index in [1.54, 1.807) is 24.4 Å². The SMILES string of the molecule is O=C1NC(=O)c2ccc(Br)cc2C1=CNCCCCO. The van der Waals surface area contributed by atoms with Gasteiger partial charge in [-0.15, -0.1) is 0 Å². The summed E-state index contributed by atoms with van der Waals surface area (Å²) in [6, 6.07) is 5.20. The number of nitrogens with one attached hydrogen (secondary N) is 2. The molecule has 0 bridgehead atoms. The molecule has 0 spiro atoms. The van der Waals surface area contributed by atoms with Gasteiger partial charge in [0, 0.05) is 35.0 Å². The van der Waals surface area contributed by atoms with Crippen LogP contribution in [-0.2, 0) is 4.79 Å². The topological polar surface area (TPSA) is 78.4 Å². The zero-order chi connectivity index (χ0) is 14.5. The number of imide groups is 1. The molecule has 0 unspecified atom stereocenters. The largest absolute Gasteiger partial charge is 0.396 e. The first-order valence-electron chi connectivity index (χ1n) is 6.33. The quantitative estimate of drug-likeness (QED) is 0.431. The molecule has 2 rings (SSSR count). The smallest absolute Gasteiger partial charge is 0.260 e. The number of hydrogen-bond acceptors (Lipinski definition) is 4. The second kappa shape index (κ2) is 6.67. The minimum absolute atomic E-state index is 0.156. The average Bonchev–Trinajstić information content (AvgIpc) is 2.41. The molecule has 6 heteroatoms. The standard InChI is InChI=1S/C14H15BrN2O3/c15-9-3-4-10-11(7-9)12(14(20)17-13(10)19)8-16-5-1-2-6-18/h3-4,7-8,16,18H,1-2,5-6H2,(H,17,19,20). The Hall–Kier alpha value is -1.66. The number of unbranched alkanes of at least 4 members (excludes halogenated alkanes) is 1. The fraction of sp³-hybridized carbons (Fsp3) is 0.286. The normalized spacial score (nSPS) is 16.0. The zero-order valence-corrected chi connectivity index (χ0v) is 12.4. The average molecular weight is 339 g/mol. The molecule has 1 aromatic rings. The lowest BCUT2D eigenvalue weighted by Gasteiger charge is -2.18. The number of aliphatic hydroxyl groups excluding tert-OH is 1. The van der Waals surface area contributed by atoms with Gasteiger partial charge in [0.05, 0.1) is 5.57 Å². The van der Waals surface area contributed by atoms with Crippen molar-refractivity contribution in [3.05, 3.63) is 40.0 Å². The van der Waals surface area contributed by atoms with E-state index in [0.717, 1.165) is 10.9 Å². The Kier molecular flexibility index (Phi) is 4.92. The van der Waals surface area contributed by atoms with Gasteiger partial charge >= 0.3 is 0 Å². The Morgan fingerprint density at radius 2 is 2.00 bits per heavy atom. The molecule has 0 atom stereocenters. The first-order valence-corrected chi connectivity index (χ1v) is 7.13. The summed E-state index contributed by atoms with van der Waals surface area (Å²) < 4.78 is 0.810. The van der Waals surface area contributed by atoms with E-state index in [-0.39, 0.29) is 12.5 Å². The second-order valence-corrected chi connectivity index (χ2v) is 5.33. The lowest BCUT2D eigenvalue weighted by atomic mass is 9.96. The molecule has 1 heterocycles. The van der Waals surface area contributed by atoms with Gasteiger partial charge in [-0.3, -0.25) is 14.9 Å². The molecule has 1 aromatic carbocycles. The van der Waals surface area contributed by atoms with Crippen LogP contribution >= 0.6 is 15.9 Å². The van der Waals surface area contributed by atoms with Crippen molar-refractivity contribution >= 4 is 33.3 Å². The molecule has 5 nitrogen and oxygen atoms in total. The highest BCUT2D eigenvalue weighted by Gasteiger charge is 2.27. The number of amides is 2. The third kappa shape index (κ3) is 3.26. The Balaban J connectivity index is 2.22. The molecule has 0 saturated heterocycles. The fourth-order valence-electron chi connectivity index (χ4n) is 1.95. The first-order chi connectivity index (χ1) is 9.63. The molecule has 20 heavy (non-hydrogen) atoms. The summed E-state index contributed by atoms with van der Waals surface area (Å²) in [6.07, 6.45) is 3.14. The number of halogens is 1. The molecule has 0 fully saturated rings. The van der Waals surface area contributed by atoms with Crippen LogP contribution in [0.2, 0.25) is 0 Å². The van der Waals surface area contributed by atoms with E-state index < -0.39 is 5.91 Å². The third-order valence-corrected chi connectivity index (χ3v) is 3.46. The van der Waals surface area contributed by atoms with Crippen LogP contribution in [0.25, 0.3) is 5.57 Å². The van der Waals surface area contributed by atoms with Crippen molar-refractivity contribution in [2.75, 3.05) is 13.2 Å². The van der Waals surface area contributed by atoms with Gasteiger partial charge < -0.3 is 10.4 Å². The van der Waals surface area contributed by atoms with Crippen molar-refractivity contribution < 1.29 is 14.7 Å². The number of benzene rings is 1. The third-order valence-electron chi connectivity index (χ3n) is 2.96. The summed E-state index contributed by atoms with van der Waals surface area (Å²) in [5, 5.41) is 14.0. The fourth-order valence-corrected chi connectivity index (χ4v) is 2.31. The van der Waals surface area contributed by atoms with Crippen LogP contribution in [0.3, 0.4) is 0 Å². The number of rotatable bonds is 5. The number of hydrogen-bond donors (Lipinski definition) is 3. The predicted molar refractivity (Wildman–Crippen MR) is 78.9 cm³/mol. The van der Waals surface area contributed by atoms with E-state index in [4.69, 9.17) is 5.11 Å². The number of aliphatic hydroxyl groups is 1. The van der Waals surface area contributed by atoms with Gasteiger partial charge in [0.2, 0.25) is 0 Å². The van der Waals surface area contributed by atoms with Crippen LogP contribution in [-0.4, -0.2) is 30.1 Å². The minimum atomic E-state index is -0.407. The maximum Gasteiger partial charge on any atom is 0.260 e. The van der Waals surface area contributed by atoms with Crippen molar-refractivity contribution in [3.63, 3.8) is 0 Å². The summed E-state index contributed by atoms with van der Waals surface area (Å²) in [6.45, 7) is 0.817. The lowest BCUT2D eigenvalue weighted by Crippen LogP contribution is -2.37. The summed E-state index contributed by atoms with van der Waals surface area (Å²) in [4.78, 5) is 23.6.